The number of carbonyl (C=O) groups is 1. The molecular formula is C27H29FN2O2. The molecule has 0 atom stereocenters. The Bertz CT molecular complexity index is 1070. The van der Waals surface area contributed by atoms with E-state index in [9.17, 15) is 14.3 Å². The number of hydrogen-bond donors (Lipinski definition) is 2. The van der Waals surface area contributed by atoms with E-state index in [2.05, 4.69) is 22.3 Å². The molecule has 5 heteroatoms. The van der Waals surface area contributed by atoms with Gasteiger partial charge in [-0.25, -0.2) is 4.39 Å². The molecule has 1 aliphatic heterocycles. The lowest BCUT2D eigenvalue weighted by atomic mass is 9.98. The van der Waals surface area contributed by atoms with Crippen LogP contribution in [-0.4, -0.2) is 29.0 Å². The maximum absolute atomic E-state index is 14.0. The number of amides is 1. The van der Waals surface area contributed by atoms with Crippen molar-refractivity contribution in [3.63, 3.8) is 0 Å². The van der Waals surface area contributed by atoms with E-state index < -0.39 is 0 Å². The van der Waals surface area contributed by atoms with Gasteiger partial charge in [0.25, 0.3) is 5.91 Å². The molecule has 0 saturated heterocycles. The van der Waals surface area contributed by atoms with E-state index in [-0.39, 0.29) is 17.5 Å². The highest BCUT2D eigenvalue weighted by Crippen LogP contribution is 2.25. The molecule has 0 fully saturated rings. The Morgan fingerprint density at radius 2 is 1.84 bits per heavy atom. The maximum atomic E-state index is 14.0. The standard InChI is InChI=1S/C27H29FN2O2/c28-24-10-12-26(27(32)29-14-5-4-8-20-6-2-1-3-7-20)23(16-24)19-30-15-13-21-17-25(31)11-9-22(21)18-30/h1-3,6-7,9-12,16-17,31H,4-5,8,13-15,18-19H2,(H,29,32). The normalized spacial score (nSPS) is 13.5. The monoisotopic (exact) mass is 432 g/mol. The average molecular weight is 433 g/mol. The highest BCUT2D eigenvalue weighted by molar-refractivity contribution is 5.95. The topological polar surface area (TPSA) is 52.6 Å². The fourth-order valence-electron chi connectivity index (χ4n) is 4.28. The van der Waals surface area contributed by atoms with Gasteiger partial charge in [0.05, 0.1) is 0 Å². The summed E-state index contributed by atoms with van der Waals surface area (Å²) < 4.78 is 14.0. The zero-order chi connectivity index (χ0) is 22.3. The summed E-state index contributed by atoms with van der Waals surface area (Å²) in [7, 11) is 0. The molecule has 166 valence electrons. The number of phenols is 1. The first kappa shape index (κ1) is 22.0. The van der Waals surface area contributed by atoms with E-state index in [0.717, 1.165) is 43.4 Å². The second kappa shape index (κ2) is 10.4. The van der Waals surface area contributed by atoms with Gasteiger partial charge in [-0.1, -0.05) is 36.4 Å². The van der Waals surface area contributed by atoms with E-state index in [1.54, 1.807) is 12.1 Å². The van der Waals surface area contributed by atoms with Crippen molar-refractivity contribution in [1.82, 2.24) is 10.2 Å². The van der Waals surface area contributed by atoms with Crippen molar-refractivity contribution in [1.29, 1.82) is 0 Å². The van der Waals surface area contributed by atoms with E-state index in [0.29, 0.717) is 30.8 Å². The van der Waals surface area contributed by atoms with Crippen molar-refractivity contribution in [2.45, 2.75) is 38.8 Å². The van der Waals surface area contributed by atoms with Crippen molar-refractivity contribution in [3.8, 4) is 5.75 Å². The summed E-state index contributed by atoms with van der Waals surface area (Å²) >= 11 is 0. The molecule has 0 bridgehead atoms. The van der Waals surface area contributed by atoms with Crippen LogP contribution in [0.1, 0.15) is 45.5 Å². The number of unbranched alkanes of at least 4 members (excludes halogenated alkanes) is 1. The van der Waals surface area contributed by atoms with Gasteiger partial charge in [-0.3, -0.25) is 9.69 Å². The van der Waals surface area contributed by atoms with Crippen LogP contribution in [0.5, 0.6) is 5.75 Å². The number of carbonyl (C=O) groups excluding carboxylic acids is 1. The molecule has 3 aromatic rings. The minimum Gasteiger partial charge on any atom is -0.508 e. The quantitative estimate of drug-likeness (QED) is 0.501. The number of aromatic hydroxyl groups is 1. The van der Waals surface area contributed by atoms with Gasteiger partial charge in [0.2, 0.25) is 0 Å². The van der Waals surface area contributed by atoms with Gasteiger partial charge in [0.1, 0.15) is 11.6 Å². The third-order valence-electron chi connectivity index (χ3n) is 6.01. The number of nitrogens with zero attached hydrogens (tertiary/aromatic N) is 1. The zero-order valence-electron chi connectivity index (χ0n) is 18.2. The van der Waals surface area contributed by atoms with E-state index >= 15 is 0 Å². The number of phenolic OH excluding ortho intramolecular Hbond substituents is 1. The predicted molar refractivity (Wildman–Crippen MR) is 124 cm³/mol. The van der Waals surface area contributed by atoms with Crippen LogP contribution >= 0.6 is 0 Å². The Labute approximate surface area is 188 Å². The van der Waals surface area contributed by atoms with Crippen LogP contribution in [0.3, 0.4) is 0 Å². The van der Waals surface area contributed by atoms with Gasteiger partial charge >= 0.3 is 0 Å². The first-order valence-corrected chi connectivity index (χ1v) is 11.2. The van der Waals surface area contributed by atoms with Crippen LogP contribution in [0.4, 0.5) is 4.39 Å². The summed E-state index contributed by atoms with van der Waals surface area (Å²) in [5, 5.41) is 12.7. The van der Waals surface area contributed by atoms with Gasteiger partial charge < -0.3 is 10.4 Å². The molecule has 1 aliphatic rings. The smallest absolute Gasteiger partial charge is 0.251 e. The van der Waals surface area contributed by atoms with Crippen molar-refractivity contribution in [2.75, 3.05) is 13.1 Å². The number of nitrogens with one attached hydrogen (secondary N) is 1. The first-order valence-electron chi connectivity index (χ1n) is 11.2. The Morgan fingerprint density at radius 1 is 1.00 bits per heavy atom. The molecule has 32 heavy (non-hydrogen) atoms. The number of hydrogen-bond acceptors (Lipinski definition) is 3. The number of rotatable bonds is 8. The Morgan fingerprint density at radius 3 is 2.69 bits per heavy atom. The summed E-state index contributed by atoms with van der Waals surface area (Å²) in [5.41, 5.74) is 4.85. The van der Waals surface area contributed by atoms with E-state index in [1.807, 2.05) is 30.3 Å². The van der Waals surface area contributed by atoms with Gasteiger partial charge in [-0.2, -0.15) is 0 Å². The average Bonchev–Trinajstić information content (AvgIpc) is 2.79. The minimum atomic E-state index is -0.332. The number of halogens is 1. The third kappa shape index (κ3) is 5.74. The molecule has 0 radical (unpaired) electrons. The summed E-state index contributed by atoms with van der Waals surface area (Å²) in [6, 6.07) is 20.2. The zero-order valence-corrected chi connectivity index (χ0v) is 18.2. The molecule has 1 amide bonds. The number of benzene rings is 3. The van der Waals surface area contributed by atoms with Crippen LogP contribution < -0.4 is 5.32 Å². The SMILES string of the molecule is O=C(NCCCCc1ccccc1)c1ccc(F)cc1CN1CCc2cc(O)ccc2C1. The molecular weight excluding hydrogens is 403 g/mol. The number of aryl methyl sites for hydroxylation is 1. The Kier molecular flexibility index (Phi) is 7.17. The molecule has 0 aliphatic carbocycles. The lowest BCUT2D eigenvalue weighted by molar-refractivity contribution is 0.0950. The number of fused-ring (bicyclic) bond motifs is 1. The molecule has 0 aromatic heterocycles. The molecule has 4 rings (SSSR count). The Balaban J connectivity index is 1.33. The lowest BCUT2D eigenvalue weighted by Crippen LogP contribution is -2.32. The molecule has 4 nitrogen and oxygen atoms in total. The van der Waals surface area contributed by atoms with Gasteiger partial charge in [-0.15, -0.1) is 0 Å². The molecule has 3 aromatic carbocycles. The third-order valence-corrected chi connectivity index (χ3v) is 6.01. The van der Waals surface area contributed by atoms with Crippen molar-refractivity contribution < 1.29 is 14.3 Å². The van der Waals surface area contributed by atoms with Crippen LogP contribution in [0, 0.1) is 5.82 Å². The Hall–Kier alpha value is -3.18. The van der Waals surface area contributed by atoms with Crippen molar-refractivity contribution in [3.05, 3.63) is 100 Å². The largest absolute Gasteiger partial charge is 0.508 e. The molecule has 0 unspecified atom stereocenters. The summed E-state index contributed by atoms with van der Waals surface area (Å²) in [4.78, 5) is 15.0. The molecule has 0 spiro atoms. The molecule has 1 heterocycles. The fraction of sp³-hybridized carbons (Fsp3) is 0.296. The highest BCUT2D eigenvalue weighted by Gasteiger charge is 2.20. The minimum absolute atomic E-state index is 0.151. The maximum Gasteiger partial charge on any atom is 0.251 e. The molecule has 0 saturated carbocycles. The van der Waals surface area contributed by atoms with E-state index in [4.69, 9.17) is 0 Å². The summed E-state index contributed by atoms with van der Waals surface area (Å²) in [6.07, 6.45) is 3.71. The van der Waals surface area contributed by atoms with Crippen LogP contribution in [0.15, 0.2) is 66.7 Å². The fourth-order valence-corrected chi connectivity index (χ4v) is 4.28. The second-order valence-corrected chi connectivity index (χ2v) is 8.41. The van der Waals surface area contributed by atoms with Gasteiger partial charge in [-0.05, 0) is 78.3 Å². The lowest BCUT2D eigenvalue weighted by Gasteiger charge is -2.29. The predicted octanol–water partition coefficient (Wildman–Crippen LogP) is 4.84. The van der Waals surface area contributed by atoms with Crippen LogP contribution in [-0.2, 0) is 25.9 Å². The van der Waals surface area contributed by atoms with Gasteiger partial charge in [0, 0.05) is 31.7 Å². The van der Waals surface area contributed by atoms with Crippen molar-refractivity contribution in [2.24, 2.45) is 0 Å². The van der Waals surface area contributed by atoms with Crippen LogP contribution in [0.25, 0.3) is 0 Å². The highest BCUT2D eigenvalue weighted by atomic mass is 19.1. The second-order valence-electron chi connectivity index (χ2n) is 8.41. The summed E-state index contributed by atoms with van der Waals surface area (Å²) in [6.45, 7) is 2.62. The molecule has 2 N–H and O–H groups in total. The first-order chi connectivity index (χ1) is 15.6. The van der Waals surface area contributed by atoms with Crippen LogP contribution in [0.2, 0.25) is 0 Å². The summed E-state index contributed by atoms with van der Waals surface area (Å²) in [5.74, 6) is -0.200. The van der Waals surface area contributed by atoms with E-state index in [1.165, 1.54) is 17.7 Å². The van der Waals surface area contributed by atoms with Gasteiger partial charge in [0.15, 0.2) is 0 Å². The van der Waals surface area contributed by atoms with Crippen molar-refractivity contribution >= 4 is 5.91 Å².